The lowest BCUT2D eigenvalue weighted by Crippen LogP contribution is -2.43. The molecule has 0 radical (unpaired) electrons. The number of aromatic amines is 1. The van der Waals surface area contributed by atoms with Gasteiger partial charge in [0.2, 0.25) is 5.28 Å². The highest BCUT2D eigenvalue weighted by Gasteiger charge is 2.52. The number of aromatic nitrogens is 8. The summed E-state index contributed by atoms with van der Waals surface area (Å²) < 4.78 is 24.8. The summed E-state index contributed by atoms with van der Waals surface area (Å²) in [6, 6.07) is 0.201. The van der Waals surface area contributed by atoms with Gasteiger partial charge in [-0.25, -0.2) is 4.68 Å². The summed E-state index contributed by atoms with van der Waals surface area (Å²) in [5.41, 5.74) is 0.248. The molecule has 39 heavy (non-hydrogen) atoms. The van der Waals surface area contributed by atoms with E-state index in [1.165, 1.54) is 10.9 Å². The van der Waals surface area contributed by atoms with Crippen LogP contribution in [0.2, 0.25) is 5.28 Å². The van der Waals surface area contributed by atoms with Gasteiger partial charge in [-0.15, -0.1) is 10.2 Å². The number of hydrogen-bond acceptors (Lipinski definition) is 13. The number of aliphatic hydroxyl groups excluding tert-OH is 3. The quantitative estimate of drug-likeness (QED) is 0.114. The highest BCUT2D eigenvalue weighted by molar-refractivity contribution is 7.53. The zero-order valence-corrected chi connectivity index (χ0v) is 22.4. The van der Waals surface area contributed by atoms with Crippen molar-refractivity contribution in [3.8, 4) is 0 Å². The van der Waals surface area contributed by atoms with Gasteiger partial charge in [0.1, 0.15) is 24.1 Å². The first-order valence-electron chi connectivity index (χ1n) is 12.2. The third-order valence-corrected chi connectivity index (χ3v) is 8.97. The molecule has 1 saturated heterocycles. The normalized spacial score (nSPS) is 29.2. The number of anilines is 1. The van der Waals surface area contributed by atoms with Crippen molar-refractivity contribution >= 4 is 36.0 Å². The summed E-state index contributed by atoms with van der Waals surface area (Å²) in [5, 5.41) is 49.9. The maximum Gasteiger partial charge on any atom is 0.359 e. The van der Waals surface area contributed by atoms with Gasteiger partial charge in [0.25, 0.3) is 0 Å². The molecule has 214 valence electrons. The zero-order chi connectivity index (χ0) is 27.9. The molecule has 3 aromatic heterocycles. The molecule has 7 N–H and O–H groups in total. The molecule has 1 saturated carbocycles. The maximum absolute atomic E-state index is 12.3. The second-order valence-corrected chi connectivity index (χ2v) is 12.1. The molecule has 5 rings (SSSR count). The molecule has 2 aliphatic rings. The van der Waals surface area contributed by atoms with Crippen LogP contribution < -0.4 is 5.32 Å². The lowest BCUT2D eigenvalue weighted by molar-refractivity contribution is -0.109. The van der Waals surface area contributed by atoms with Crippen LogP contribution in [-0.2, 0) is 20.5 Å². The molecule has 0 spiro atoms. The molecule has 2 fully saturated rings. The molecule has 0 bridgehead atoms. The third kappa shape index (κ3) is 5.38. The summed E-state index contributed by atoms with van der Waals surface area (Å²) >= 11 is 6.20. The zero-order valence-electron chi connectivity index (χ0n) is 20.7. The second kappa shape index (κ2) is 10.9. The molecule has 4 heterocycles. The summed E-state index contributed by atoms with van der Waals surface area (Å²) in [6.45, 7) is 0.440. The molecule has 1 aliphatic heterocycles. The maximum atomic E-state index is 12.3. The number of aliphatic hydroxyl groups is 3. The molecule has 3 aromatic rings. The summed E-state index contributed by atoms with van der Waals surface area (Å²) in [5.74, 6) is 0.812. The van der Waals surface area contributed by atoms with Gasteiger partial charge < -0.3 is 39.9 Å². The van der Waals surface area contributed by atoms with Crippen molar-refractivity contribution in [1.82, 2.24) is 40.4 Å². The average Bonchev–Trinajstić information content (AvgIpc) is 3.67. The lowest BCUT2D eigenvalue weighted by atomic mass is 10.1. The van der Waals surface area contributed by atoms with Gasteiger partial charge in [0.15, 0.2) is 23.0 Å². The van der Waals surface area contributed by atoms with Crippen molar-refractivity contribution in [1.29, 1.82) is 0 Å². The minimum Gasteiger partial charge on any atom is -0.393 e. The minimum absolute atomic E-state index is 0.0545. The number of nitrogens with one attached hydrogen (secondary N) is 2. The van der Waals surface area contributed by atoms with E-state index in [4.69, 9.17) is 21.1 Å². The van der Waals surface area contributed by atoms with Crippen molar-refractivity contribution in [2.75, 3.05) is 18.5 Å². The number of tetrazole rings is 1. The van der Waals surface area contributed by atoms with Crippen LogP contribution in [0.4, 0.5) is 5.82 Å². The average molecular weight is 590 g/mol. The SMILES string of the molecule is C[C@H]1CCC[C@H]1Nc1nc(Cl)nc2c1cnn2[C@@H]1O[C@H](CO[C@](CO)(Cc2nn[nH]n2)P(=O)(O)O)[C@@H](O)[C@H]1O. The van der Waals surface area contributed by atoms with E-state index in [0.717, 1.165) is 19.3 Å². The van der Waals surface area contributed by atoms with Crippen LogP contribution in [0.3, 0.4) is 0 Å². The molecule has 0 amide bonds. The smallest absolute Gasteiger partial charge is 0.359 e. The van der Waals surface area contributed by atoms with Crippen LogP contribution in [0.5, 0.6) is 0 Å². The van der Waals surface area contributed by atoms with E-state index in [9.17, 15) is 29.7 Å². The van der Waals surface area contributed by atoms with Crippen molar-refractivity contribution in [3.05, 3.63) is 17.3 Å². The molecule has 1 aliphatic carbocycles. The van der Waals surface area contributed by atoms with Gasteiger partial charge in [-0.1, -0.05) is 18.6 Å². The van der Waals surface area contributed by atoms with Crippen molar-refractivity contribution < 1.29 is 39.1 Å². The van der Waals surface area contributed by atoms with Gasteiger partial charge in [-0.2, -0.15) is 20.3 Å². The predicted molar refractivity (Wildman–Crippen MR) is 132 cm³/mol. The van der Waals surface area contributed by atoms with Crippen molar-refractivity contribution in [2.24, 2.45) is 5.92 Å². The van der Waals surface area contributed by atoms with E-state index in [1.807, 2.05) is 0 Å². The fraction of sp³-hybridized carbons (Fsp3) is 0.700. The molecule has 19 heteroatoms. The Balaban J connectivity index is 1.37. The number of nitrogens with zero attached hydrogens (tertiary/aromatic N) is 7. The largest absolute Gasteiger partial charge is 0.393 e. The van der Waals surface area contributed by atoms with E-state index in [1.54, 1.807) is 0 Å². The Morgan fingerprint density at radius 3 is 2.74 bits per heavy atom. The summed E-state index contributed by atoms with van der Waals surface area (Å²) in [4.78, 5) is 28.5. The Hall–Kier alpha value is -2.34. The Labute approximate surface area is 226 Å². The van der Waals surface area contributed by atoms with E-state index < -0.39 is 57.1 Å². The third-order valence-electron chi connectivity index (χ3n) is 7.31. The van der Waals surface area contributed by atoms with Crippen molar-refractivity contribution in [3.63, 3.8) is 0 Å². The molecule has 0 unspecified atom stereocenters. The lowest BCUT2D eigenvalue weighted by Gasteiger charge is -2.32. The van der Waals surface area contributed by atoms with Gasteiger partial charge >= 0.3 is 7.60 Å². The molecular formula is C20H29ClN9O8P. The van der Waals surface area contributed by atoms with Crippen LogP contribution in [0, 0.1) is 5.92 Å². The number of rotatable bonds is 10. The van der Waals surface area contributed by atoms with Crippen LogP contribution in [0.1, 0.15) is 38.2 Å². The topological polar surface area (TPSA) is 247 Å². The number of fused-ring (bicyclic) bond motifs is 1. The molecule has 7 atom stereocenters. The molecular weight excluding hydrogens is 561 g/mol. The van der Waals surface area contributed by atoms with Crippen LogP contribution in [0.15, 0.2) is 6.20 Å². The second-order valence-electron chi connectivity index (χ2n) is 9.84. The van der Waals surface area contributed by atoms with E-state index >= 15 is 0 Å². The van der Waals surface area contributed by atoms with Crippen LogP contribution in [-0.4, -0.2) is 108 Å². The highest BCUT2D eigenvalue weighted by Crippen LogP contribution is 2.53. The monoisotopic (exact) mass is 589 g/mol. The Morgan fingerprint density at radius 2 is 2.10 bits per heavy atom. The van der Waals surface area contributed by atoms with Gasteiger partial charge in [0, 0.05) is 6.04 Å². The van der Waals surface area contributed by atoms with E-state index in [0.29, 0.717) is 17.1 Å². The number of H-pyrrole nitrogens is 1. The summed E-state index contributed by atoms with van der Waals surface area (Å²) in [7, 11) is -5.11. The standard InChI is InChI=1S/C20H29ClN9O8P/c1-9-3-2-4-11(9)23-16-10-6-22-30(17(10)25-19(21)24-16)18-15(33)14(32)12(38-18)7-37-20(8-31,39(34,35)36)5-13-26-28-29-27-13/h6,9,11-12,14-15,18,31-33H,2-5,7-8H2,1H3,(H,23,24,25)(H2,34,35,36)(H,26,27,28,29)/t9-,11+,12+,14+,15+,18+,20+/m0/s1. The van der Waals surface area contributed by atoms with Gasteiger partial charge in [-0.05, 0) is 30.4 Å². The minimum atomic E-state index is -5.11. The number of hydrogen-bond donors (Lipinski definition) is 7. The van der Waals surface area contributed by atoms with E-state index in [2.05, 4.69) is 47.9 Å². The molecule has 0 aromatic carbocycles. The molecule has 17 nitrogen and oxygen atoms in total. The fourth-order valence-corrected chi connectivity index (χ4v) is 5.91. The Bertz CT molecular complexity index is 1340. The first-order valence-corrected chi connectivity index (χ1v) is 14.2. The van der Waals surface area contributed by atoms with Crippen LogP contribution >= 0.6 is 19.2 Å². The first-order chi connectivity index (χ1) is 18.5. The van der Waals surface area contributed by atoms with Crippen molar-refractivity contribution in [2.45, 2.75) is 68.5 Å². The van der Waals surface area contributed by atoms with E-state index in [-0.39, 0.29) is 22.8 Å². The fourth-order valence-electron chi connectivity index (χ4n) is 4.97. The van der Waals surface area contributed by atoms with Gasteiger partial charge in [0.05, 0.1) is 31.2 Å². The predicted octanol–water partition coefficient (Wildman–Crippen LogP) is -0.662. The number of ether oxygens (including phenoxy) is 2. The number of halogens is 1. The first kappa shape index (κ1) is 28.2. The Morgan fingerprint density at radius 1 is 1.31 bits per heavy atom. The summed E-state index contributed by atoms with van der Waals surface area (Å²) in [6.07, 6.45) is -1.49. The van der Waals surface area contributed by atoms with Gasteiger partial charge in [-0.3, -0.25) is 4.57 Å². The van der Waals surface area contributed by atoms with Crippen LogP contribution in [0.25, 0.3) is 11.0 Å². The highest BCUT2D eigenvalue weighted by atomic mass is 35.5. The Kier molecular flexibility index (Phi) is 7.89.